The molecule has 0 aliphatic carbocycles. The van der Waals surface area contributed by atoms with Gasteiger partial charge in [0.15, 0.2) is 0 Å². The van der Waals surface area contributed by atoms with Gasteiger partial charge in [0, 0.05) is 4.83 Å². The molecule has 0 N–H and O–H groups in total. The first kappa shape index (κ1) is 7.48. The summed E-state index contributed by atoms with van der Waals surface area (Å²) >= 11 is 3.43. The molecule has 0 amide bonds. The summed E-state index contributed by atoms with van der Waals surface area (Å²) in [6, 6.07) is 0. The monoisotopic (exact) mass is 163 g/mol. The highest BCUT2D eigenvalue weighted by atomic mass is 79.9. The van der Waals surface area contributed by atoms with Crippen molar-refractivity contribution in [2.75, 3.05) is 0 Å². The summed E-state index contributed by atoms with van der Waals surface area (Å²) in [7, 11) is 0. The molecule has 43 valence electrons. The molecule has 1 heteroatoms. The van der Waals surface area contributed by atoms with Crippen LogP contribution < -0.4 is 0 Å². The van der Waals surface area contributed by atoms with Gasteiger partial charge in [-0.05, 0) is 12.3 Å². The van der Waals surface area contributed by atoms with E-state index in [0.717, 1.165) is 0 Å². The van der Waals surface area contributed by atoms with Gasteiger partial charge in [0.25, 0.3) is 0 Å². The lowest BCUT2D eigenvalue weighted by Crippen LogP contribution is -1.96. The predicted octanol–water partition coefficient (Wildman–Crippen LogP) is 2.63. The van der Waals surface area contributed by atoms with Gasteiger partial charge in [-0.1, -0.05) is 36.7 Å². The van der Waals surface area contributed by atoms with Crippen molar-refractivity contribution >= 4 is 15.9 Å². The Kier molecular flexibility index (Phi) is 3.72. The third-order valence-electron chi connectivity index (χ3n) is 0.727. The van der Waals surface area contributed by atoms with Crippen molar-refractivity contribution in [3.05, 3.63) is 6.92 Å². The van der Waals surface area contributed by atoms with Gasteiger partial charge in [-0.15, -0.1) is 0 Å². The summed E-state index contributed by atoms with van der Waals surface area (Å²) in [6.45, 7) is 8.11. The SMILES string of the molecule is [CH2]C(C)CC(C)Br. The maximum atomic E-state index is 3.85. The minimum Gasteiger partial charge on any atom is -0.0894 e. The first-order chi connectivity index (χ1) is 3.13. The van der Waals surface area contributed by atoms with Gasteiger partial charge in [0.05, 0.1) is 0 Å². The van der Waals surface area contributed by atoms with E-state index in [0.29, 0.717) is 10.7 Å². The topological polar surface area (TPSA) is 0 Å². The minimum absolute atomic E-state index is 0.578. The maximum absolute atomic E-state index is 3.85. The largest absolute Gasteiger partial charge is 0.0894 e. The van der Waals surface area contributed by atoms with E-state index in [2.05, 4.69) is 36.7 Å². The first-order valence-corrected chi connectivity index (χ1v) is 3.51. The fourth-order valence-corrected chi connectivity index (χ4v) is 1.19. The molecule has 0 aliphatic rings. The third kappa shape index (κ3) is 6.48. The molecule has 0 rings (SSSR count). The van der Waals surface area contributed by atoms with Gasteiger partial charge < -0.3 is 0 Å². The molecular formula is C6H12Br. The van der Waals surface area contributed by atoms with E-state index in [-0.39, 0.29) is 0 Å². The summed E-state index contributed by atoms with van der Waals surface area (Å²) < 4.78 is 0. The van der Waals surface area contributed by atoms with Crippen molar-refractivity contribution in [2.45, 2.75) is 25.1 Å². The Bertz CT molecular complexity index is 33.4. The third-order valence-corrected chi connectivity index (χ3v) is 1.10. The zero-order valence-corrected chi connectivity index (χ0v) is 6.53. The van der Waals surface area contributed by atoms with E-state index in [1.54, 1.807) is 0 Å². The summed E-state index contributed by atoms with van der Waals surface area (Å²) in [6.07, 6.45) is 1.17. The molecule has 0 aromatic rings. The van der Waals surface area contributed by atoms with Crippen LogP contribution in [0.5, 0.6) is 0 Å². The second kappa shape index (κ2) is 3.48. The van der Waals surface area contributed by atoms with Crippen molar-refractivity contribution in [1.29, 1.82) is 0 Å². The lowest BCUT2D eigenvalue weighted by atomic mass is 10.1. The number of hydrogen-bond donors (Lipinski definition) is 0. The summed E-state index contributed by atoms with van der Waals surface area (Å²) in [5, 5.41) is 0. The number of rotatable bonds is 2. The molecule has 0 aromatic heterocycles. The van der Waals surface area contributed by atoms with Crippen LogP contribution in [0.3, 0.4) is 0 Å². The average Bonchev–Trinajstić information content (AvgIpc) is 1.27. The molecule has 0 fully saturated rings. The van der Waals surface area contributed by atoms with E-state index in [4.69, 9.17) is 0 Å². The highest BCUT2D eigenvalue weighted by Crippen LogP contribution is 2.09. The summed E-state index contributed by atoms with van der Waals surface area (Å²) in [5.74, 6) is 0.578. The van der Waals surface area contributed by atoms with E-state index in [1.165, 1.54) is 6.42 Å². The summed E-state index contributed by atoms with van der Waals surface area (Å²) in [4.78, 5) is 0.625. The number of halogens is 1. The molecule has 0 nitrogen and oxygen atoms in total. The highest BCUT2D eigenvalue weighted by Gasteiger charge is 1.97. The lowest BCUT2D eigenvalue weighted by Gasteiger charge is -2.03. The van der Waals surface area contributed by atoms with Gasteiger partial charge in [-0.2, -0.15) is 0 Å². The zero-order chi connectivity index (χ0) is 5.86. The number of hydrogen-bond acceptors (Lipinski definition) is 0. The van der Waals surface area contributed by atoms with Crippen LogP contribution >= 0.6 is 15.9 Å². The Morgan fingerprint density at radius 3 is 2.00 bits per heavy atom. The molecule has 2 unspecified atom stereocenters. The van der Waals surface area contributed by atoms with Crippen molar-refractivity contribution in [2.24, 2.45) is 5.92 Å². The number of alkyl halides is 1. The predicted molar refractivity (Wildman–Crippen MR) is 37.5 cm³/mol. The van der Waals surface area contributed by atoms with Gasteiger partial charge >= 0.3 is 0 Å². The average molecular weight is 164 g/mol. The Morgan fingerprint density at radius 2 is 2.00 bits per heavy atom. The first-order valence-electron chi connectivity index (χ1n) is 2.60. The summed E-state index contributed by atoms with van der Waals surface area (Å²) in [5.41, 5.74) is 0. The highest BCUT2D eigenvalue weighted by molar-refractivity contribution is 9.09. The van der Waals surface area contributed by atoms with Crippen molar-refractivity contribution in [3.63, 3.8) is 0 Å². The van der Waals surface area contributed by atoms with Gasteiger partial charge in [-0.25, -0.2) is 0 Å². The fourth-order valence-electron chi connectivity index (χ4n) is 0.554. The van der Waals surface area contributed by atoms with Crippen LogP contribution in [0.15, 0.2) is 0 Å². The van der Waals surface area contributed by atoms with Crippen LogP contribution in [0, 0.1) is 12.8 Å². The molecule has 0 aliphatic heterocycles. The van der Waals surface area contributed by atoms with Crippen LogP contribution in [0.25, 0.3) is 0 Å². The molecule has 1 radical (unpaired) electrons. The Hall–Kier alpha value is 0.480. The smallest absolute Gasteiger partial charge is 0.0120 e. The Morgan fingerprint density at radius 1 is 1.57 bits per heavy atom. The van der Waals surface area contributed by atoms with E-state index in [9.17, 15) is 0 Å². The van der Waals surface area contributed by atoms with E-state index >= 15 is 0 Å². The van der Waals surface area contributed by atoms with E-state index < -0.39 is 0 Å². The fraction of sp³-hybridized carbons (Fsp3) is 0.833. The van der Waals surface area contributed by atoms with Crippen LogP contribution in [-0.2, 0) is 0 Å². The van der Waals surface area contributed by atoms with Crippen LogP contribution in [-0.4, -0.2) is 4.83 Å². The molecule has 0 aromatic carbocycles. The van der Waals surface area contributed by atoms with Crippen LogP contribution in [0.4, 0.5) is 0 Å². The Labute approximate surface area is 54.4 Å². The standard InChI is InChI=1S/C6H12Br/c1-5(2)4-6(3)7/h5-6H,1,4H2,2-3H3. The molecule has 7 heavy (non-hydrogen) atoms. The van der Waals surface area contributed by atoms with Gasteiger partial charge in [0.1, 0.15) is 0 Å². The molecule has 0 heterocycles. The molecule has 2 atom stereocenters. The normalized spacial score (nSPS) is 15.0. The second-order valence-electron chi connectivity index (χ2n) is 2.12. The molecule has 0 spiro atoms. The molecule has 0 saturated carbocycles. The lowest BCUT2D eigenvalue weighted by molar-refractivity contribution is 0.646. The van der Waals surface area contributed by atoms with Crippen molar-refractivity contribution < 1.29 is 0 Å². The minimum atomic E-state index is 0.578. The quantitative estimate of drug-likeness (QED) is 0.550. The van der Waals surface area contributed by atoms with Crippen LogP contribution in [0.1, 0.15) is 20.3 Å². The Balaban J connectivity index is 2.95. The van der Waals surface area contributed by atoms with Crippen molar-refractivity contribution in [1.82, 2.24) is 0 Å². The molecular weight excluding hydrogens is 152 g/mol. The molecule has 0 saturated heterocycles. The van der Waals surface area contributed by atoms with Crippen molar-refractivity contribution in [3.8, 4) is 0 Å². The second-order valence-corrected chi connectivity index (χ2v) is 3.68. The maximum Gasteiger partial charge on any atom is 0.0120 e. The van der Waals surface area contributed by atoms with E-state index in [1.807, 2.05) is 0 Å². The molecule has 0 bridgehead atoms. The van der Waals surface area contributed by atoms with Gasteiger partial charge in [0.2, 0.25) is 0 Å². The van der Waals surface area contributed by atoms with Gasteiger partial charge in [-0.3, -0.25) is 0 Å². The van der Waals surface area contributed by atoms with Crippen LogP contribution in [0.2, 0.25) is 0 Å². The zero-order valence-electron chi connectivity index (χ0n) is 4.95.